The summed E-state index contributed by atoms with van der Waals surface area (Å²) in [5.41, 5.74) is -0.543. The quantitative estimate of drug-likeness (QED) is 0.447. The summed E-state index contributed by atoms with van der Waals surface area (Å²) in [6.07, 6.45) is 2.70. The van der Waals surface area contributed by atoms with E-state index in [0.29, 0.717) is 10.0 Å². The molecule has 2 aromatic heterocycles. The van der Waals surface area contributed by atoms with E-state index in [4.69, 9.17) is 0 Å². The molecule has 10 heteroatoms. The maximum atomic E-state index is 12.6. The van der Waals surface area contributed by atoms with Crippen LogP contribution < -0.4 is 16.2 Å². The predicted molar refractivity (Wildman–Crippen MR) is 112 cm³/mol. The Morgan fingerprint density at radius 1 is 1.32 bits per heavy atom. The van der Waals surface area contributed by atoms with Gasteiger partial charge in [0.05, 0.1) is 4.88 Å². The second-order valence-electron chi connectivity index (χ2n) is 6.33. The molecule has 0 bridgehead atoms. The minimum Gasteiger partial charge on any atom is -0.314 e. The minimum absolute atomic E-state index is 0.0518. The van der Waals surface area contributed by atoms with E-state index in [0.717, 1.165) is 25.4 Å². The number of nitrogens with one attached hydrogen (secondary N) is 3. The lowest BCUT2D eigenvalue weighted by Gasteiger charge is -2.14. The monoisotopic (exact) mass is 421 g/mol. The average molecular weight is 422 g/mol. The molecule has 3 heterocycles. The van der Waals surface area contributed by atoms with Crippen LogP contribution in [0.15, 0.2) is 27.5 Å². The van der Waals surface area contributed by atoms with Crippen LogP contribution in [0.2, 0.25) is 0 Å². The molecule has 2 amide bonds. The van der Waals surface area contributed by atoms with Crippen LogP contribution in [0.3, 0.4) is 0 Å². The van der Waals surface area contributed by atoms with Gasteiger partial charge in [0, 0.05) is 18.7 Å². The Labute approximate surface area is 171 Å². The third kappa shape index (κ3) is 5.43. The van der Waals surface area contributed by atoms with Crippen molar-refractivity contribution in [2.24, 2.45) is 0 Å². The molecule has 0 unspecified atom stereocenters. The molecule has 0 atom stereocenters. The van der Waals surface area contributed by atoms with Gasteiger partial charge in [0.1, 0.15) is 0 Å². The molecule has 1 aliphatic rings. The normalized spacial score (nSPS) is 14.2. The van der Waals surface area contributed by atoms with E-state index in [2.05, 4.69) is 25.5 Å². The second-order valence-corrected chi connectivity index (χ2v) is 8.36. The lowest BCUT2D eigenvalue weighted by molar-refractivity contribution is -0.115. The Kier molecular flexibility index (Phi) is 7.24. The standard InChI is InChI=1S/C18H23N5O3S2/c1-2-13(24)19-15-14(20-16(25)12-6-5-10-27-12)17(26)22-18(21-15)28-11-9-23-7-3-4-8-23/h5-6,10H,2-4,7-9,11H2,1H3,(H,20,25)(H2,19,21,22,24,26). The summed E-state index contributed by atoms with van der Waals surface area (Å²) in [6.45, 7) is 4.84. The fourth-order valence-electron chi connectivity index (χ4n) is 2.81. The van der Waals surface area contributed by atoms with Crippen LogP contribution in [0, 0.1) is 0 Å². The zero-order chi connectivity index (χ0) is 19.9. The molecule has 0 saturated carbocycles. The number of nitrogens with zero attached hydrogens (tertiary/aromatic N) is 2. The van der Waals surface area contributed by atoms with Crippen LogP contribution in [0.25, 0.3) is 0 Å². The highest BCUT2D eigenvalue weighted by Crippen LogP contribution is 2.21. The van der Waals surface area contributed by atoms with Crippen molar-refractivity contribution in [2.75, 3.05) is 36.0 Å². The van der Waals surface area contributed by atoms with E-state index < -0.39 is 11.5 Å². The largest absolute Gasteiger partial charge is 0.314 e. The van der Waals surface area contributed by atoms with E-state index in [1.54, 1.807) is 24.4 Å². The van der Waals surface area contributed by atoms with Gasteiger partial charge in [-0.3, -0.25) is 19.4 Å². The molecule has 8 nitrogen and oxygen atoms in total. The van der Waals surface area contributed by atoms with Crippen molar-refractivity contribution in [3.8, 4) is 0 Å². The molecule has 2 aromatic rings. The molecule has 0 aliphatic carbocycles. The third-order valence-electron chi connectivity index (χ3n) is 4.31. The number of hydrogen-bond acceptors (Lipinski definition) is 7. The maximum absolute atomic E-state index is 12.6. The Balaban J connectivity index is 1.76. The lowest BCUT2D eigenvalue weighted by Crippen LogP contribution is -2.25. The van der Waals surface area contributed by atoms with Crippen molar-refractivity contribution in [1.82, 2.24) is 14.9 Å². The summed E-state index contributed by atoms with van der Waals surface area (Å²) in [7, 11) is 0. The number of aromatic nitrogens is 2. The first-order valence-corrected chi connectivity index (χ1v) is 11.1. The van der Waals surface area contributed by atoms with Crippen molar-refractivity contribution >= 4 is 46.4 Å². The molecule has 0 radical (unpaired) electrons. The molecule has 3 rings (SSSR count). The van der Waals surface area contributed by atoms with E-state index in [-0.39, 0.29) is 23.8 Å². The number of thiophene rings is 1. The van der Waals surface area contributed by atoms with E-state index >= 15 is 0 Å². The van der Waals surface area contributed by atoms with Crippen LogP contribution in [-0.2, 0) is 4.79 Å². The molecule has 1 aliphatic heterocycles. The SMILES string of the molecule is CCC(=O)Nc1nc(SCCN2CCCC2)[nH]c(=O)c1NC(=O)c1cccs1. The van der Waals surface area contributed by atoms with Gasteiger partial charge in [0.2, 0.25) is 5.91 Å². The number of aromatic amines is 1. The van der Waals surface area contributed by atoms with Crippen LogP contribution >= 0.6 is 23.1 Å². The molecule has 28 heavy (non-hydrogen) atoms. The summed E-state index contributed by atoms with van der Waals surface area (Å²) >= 11 is 2.69. The Morgan fingerprint density at radius 2 is 2.11 bits per heavy atom. The first kappa shape index (κ1) is 20.6. The third-order valence-corrected chi connectivity index (χ3v) is 6.03. The van der Waals surface area contributed by atoms with Gasteiger partial charge in [-0.15, -0.1) is 11.3 Å². The summed E-state index contributed by atoms with van der Waals surface area (Å²) in [5.74, 6) is 0.163. The number of anilines is 2. The lowest BCUT2D eigenvalue weighted by atomic mass is 10.3. The van der Waals surface area contributed by atoms with Gasteiger partial charge < -0.3 is 15.5 Å². The molecule has 0 aromatic carbocycles. The van der Waals surface area contributed by atoms with Gasteiger partial charge in [0.25, 0.3) is 11.5 Å². The molecule has 0 spiro atoms. The number of rotatable bonds is 8. The van der Waals surface area contributed by atoms with Crippen LogP contribution in [0.1, 0.15) is 35.9 Å². The zero-order valence-electron chi connectivity index (χ0n) is 15.6. The maximum Gasteiger partial charge on any atom is 0.277 e. The molecular weight excluding hydrogens is 398 g/mol. The first-order valence-electron chi connectivity index (χ1n) is 9.21. The molecule has 1 fully saturated rings. The first-order chi connectivity index (χ1) is 13.6. The number of amides is 2. The van der Waals surface area contributed by atoms with Crippen molar-refractivity contribution in [3.05, 3.63) is 32.7 Å². The minimum atomic E-state index is -0.491. The fourth-order valence-corrected chi connectivity index (χ4v) is 4.29. The van der Waals surface area contributed by atoms with Gasteiger partial charge >= 0.3 is 0 Å². The Hall–Kier alpha value is -2.17. The number of carbonyl (C=O) groups excluding carboxylic acids is 2. The Morgan fingerprint density at radius 3 is 2.79 bits per heavy atom. The highest BCUT2D eigenvalue weighted by molar-refractivity contribution is 7.99. The van der Waals surface area contributed by atoms with Gasteiger partial charge in [-0.2, -0.15) is 0 Å². The molecule has 1 saturated heterocycles. The summed E-state index contributed by atoms with van der Waals surface area (Å²) in [4.78, 5) is 46.7. The smallest absolute Gasteiger partial charge is 0.277 e. The van der Waals surface area contributed by atoms with E-state index in [1.165, 1.54) is 35.9 Å². The summed E-state index contributed by atoms with van der Waals surface area (Å²) in [6, 6.07) is 3.41. The molecule has 3 N–H and O–H groups in total. The summed E-state index contributed by atoms with van der Waals surface area (Å²) in [5, 5.41) is 7.39. The molecule has 150 valence electrons. The highest BCUT2D eigenvalue weighted by Gasteiger charge is 2.18. The average Bonchev–Trinajstić information content (AvgIpc) is 3.38. The van der Waals surface area contributed by atoms with Gasteiger partial charge in [-0.25, -0.2) is 4.98 Å². The number of H-pyrrole nitrogens is 1. The topological polar surface area (TPSA) is 107 Å². The van der Waals surface area contributed by atoms with Gasteiger partial charge in [0.15, 0.2) is 16.7 Å². The van der Waals surface area contributed by atoms with Crippen molar-refractivity contribution in [3.63, 3.8) is 0 Å². The van der Waals surface area contributed by atoms with Crippen molar-refractivity contribution in [1.29, 1.82) is 0 Å². The van der Waals surface area contributed by atoms with Crippen LogP contribution in [0.4, 0.5) is 11.5 Å². The van der Waals surface area contributed by atoms with Crippen molar-refractivity contribution < 1.29 is 9.59 Å². The number of likely N-dealkylation sites (tertiary alicyclic amines) is 1. The van der Waals surface area contributed by atoms with Gasteiger partial charge in [-0.05, 0) is 37.4 Å². The van der Waals surface area contributed by atoms with Crippen molar-refractivity contribution in [2.45, 2.75) is 31.3 Å². The predicted octanol–water partition coefficient (Wildman–Crippen LogP) is 2.62. The van der Waals surface area contributed by atoms with E-state index in [1.807, 2.05) is 0 Å². The number of thioether (sulfide) groups is 1. The summed E-state index contributed by atoms with van der Waals surface area (Å²) < 4.78 is 0. The second kappa shape index (κ2) is 9.85. The van der Waals surface area contributed by atoms with Crippen LogP contribution in [0.5, 0.6) is 0 Å². The fraction of sp³-hybridized carbons (Fsp3) is 0.444. The van der Waals surface area contributed by atoms with Gasteiger partial charge in [-0.1, -0.05) is 24.8 Å². The number of hydrogen-bond donors (Lipinski definition) is 3. The zero-order valence-corrected chi connectivity index (χ0v) is 17.3. The Bertz CT molecular complexity index is 876. The van der Waals surface area contributed by atoms with Crippen LogP contribution in [-0.4, -0.2) is 52.1 Å². The van der Waals surface area contributed by atoms with E-state index in [9.17, 15) is 14.4 Å². The molecular formula is C18H23N5O3S2. The highest BCUT2D eigenvalue weighted by atomic mass is 32.2. The number of carbonyl (C=O) groups is 2.